The Balaban J connectivity index is 1.74. The summed E-state index contributed by atoms with van der Waals surface area (Å²) in [6.45, 7) is 4.69. The number of hydrogen-bond acceptors (Lipinski definition) is 2. The van der Waals surface area contributed by atoms with E-state index in [1.54, 1.807) is 0 Å². The molecule has 0 amide bonds. The van der Waals surface area contributed by atoms with Crippen molar-refractivity contribution in [3.05, 3.63) is 0 Å². The summed E-state index contributed by atoms with van der Waals surface area (Å²) in [4.78, 5) is 0. The van der Waals surface area contributed by atoms with Gasteiger partial charge in [0.15, 0.2) is 0 Å². The smallest absolute Gasteiger partial charge is 0.104 e. The number of hydrogen-bond donors (Lipinski definition) is 0. The molecule has 1 atom stereocenters. The van der Waals surface area contributed by atoms with Crippen LogP contribution in [0.1, 0.15) is 13.3 Å². The first-order valence-corrected chi connectivity index (χ1v) is 3.13. The molecule has 0 aromatic carbocycles. The van der Waals surface area contributed by atoms with Gasteiger partial charge in [0, 0.05) is 6.61 Å². The van der Waals surface area contributed by atoms with Gasteiger partial charge in [0.2, 0.25) is 0 Å². The van der Waals surface area contributed by atoms with Crippen molar-refractivity contribution in [2.24, 2.45) is 0 Å². The molecule has 1 rings (SSSR count). The van der Waals surface area contributed by atoms with Gasteiger partial charge in [-0.1, -0.05) is 6.92 Å². The number of ether oxygens (including phenoxy) is 2. The van der Waals surface area contributed by atoms with Crippen molar-refractivity contribution in [2.45, 2.75) is 19.4 Å². The van der Waals surface area contributed by atoms with Crippen LogP contribution in [0.3, 0.4) is 0 Å². The van der Waals surface area contributed by atoms with Crippen molar-refractivity contribution in [3.63, 3.8) is 0 Å². The summed E-state index contributed by atoms with van der Waals surface area (Å²) in [7, 11) is 0. The molecular formula is C6H12O2. The number of rotatable bonds is 4. The first-order chi connectivity index (χ1) is 3.93. The molecule has 0 bridgehead atoms. The molecule has 0 radical (unpaired) electrons. The van der Waals surface area contributed by atoms with Crippen LogP contribution in [-0.2, 0) is 9.47 Å². The normalized spacial score (nSPS) is 25.9. The SMILES string of the molecule is CCCOC[C@@H]1CO1. The second-order valence-corrected chi connectivity index (χ2v) is 2.03. The third kappa shape index (κ3) is 2.28. The molecule has 0 unspecified atom stereocenters. The Labute approximate surface area is 49.8 Å². The van der Waals surface area contributed by atoms with Crippen LogP contribution in [0.25, 0.3) is 0 Å². The van der Waals surface area contributed by atoms with E-state index < -0.39 is 0 Å². The summed E-state index contributed by atoms with van der Waals surface area (Å²) in [5.74, 6) is 0. The Morgan fingerprint density at radius 1 is 1.75 bits per heavy atom. The summed E-state index contributed by atoms with van der Waals surface area (Å²) >= 11 is 0. The second-order valence-electron chi connectivity index (χ2n) is 2.03. The molecule has 1 saturated heterocycles. The average Bonchev–Trinajstić information content (AvgIpc) is 2.51. The standard InChI is InChI=1S/C6H12O2/c1-2-3-7-4-6-5-8-6/h6H,2-5H2,1H3/t6-/m1/s1. The van der Waals surface area contributed by atoms with E-state index >= 15 is 0 Å². The van der Waals surface area contributed by atoms with Gasteiger partial charge in [-0.2, -0.15) is 0 Å². The molecule has 2 heteroatoms. The molecule has 0 spiro atoms. The Morgan fingerprint density at radius 3 is 3.00 bits per heavy atom. The van der Waals surface area contributed by atoms with Crippen molar-refractivity contribution < 1.29 is 9.47 Å². The number of epoxide rings is 1. The lowest BCUT2D eigenvalue weighted by molar-refractivity contribution is 0.117. The first-order valence-electron chi connectivity index (χ1n) is 3.13. The van der Waals surface area contributed by atoms with E-state index in [0.717, 1.165) is 26.2 Å². The maximum absolute atomic E-state index is 5.18. The molecule has 0 aliphatic carbocycles. The van der Waals surface area contributed by atoms with E-state index in [1.807, 2.05) is 0 Å². The lowest BCUT2D eigenvalue weighted by atomic mass is 10.5. The molecule has 0 aromatic heterocycles. The van der Waals surface area contributed by atoms with Crippen molar-refractivity contribution in [3.8, 4) is 0 Å². The van der Waals surface area contributed by atoms with E-state index in [1.165, 1.54) is 0 Å². The highest BCUT2D eigenvalue weighted by Gasteiger charge is 2.21. The summed E-state index contributed by atoms with van der Waals surface area (Å²) in [5.41, 5.74) is 0. The minimum absolute atomic E-state index is 0.432. The molecule has 0 saturated carbocycles. The lowest BCUT2D eigenvalue weighted by Gasteiger charge is -1.95. The van der Waals surface area contributed by atoms with Gasteiger partial charge in [0.1, 0.15) is 6.10 Å². The summed E-state index contributed by atoms with van der Waals surface area (Å²) in [5, 5.41) is 0. The maximum Gasteiger partial charge on any atom is 0.104 e. The summed E-state index contributed by atoms with van der Waals surface area (Å²) in [6.07, 6.45) is 1.54. The third-order valence-corrected chi connectivity index (χ3v) is 1.05. The predicted molar refractivity (Wildman–Crippen MR) is 30.8 cm³/mol. The highest BCUT2D eigenvalue weighted by atomic mass is 16.6. The van der Waals surface area contributed by atoms with Crippen LogP contribution in [0.15, 0.2) is 0 Å². The summed E-state index contributed by atoms with van der Waals surface area (Å²) < 4.78 is 10.1. The monoisotopic (exact) mass is 116 g/mol. The first kappa shape index (κ1) is 6.05. The van der Waals surface area contributed by atoms with Crippen LogP contribution in [0.4, 0.5) is 0 Å². The zero-order chi connectivity index (χ0) is 5.82. The molecule has 1 aliphatic heterocycles. The highest BCUT2D eigenvalue weighted by Crippen LogP contribution is 2.08. The largest absolute Gasteiger partial charge is 0.379 e. The predicted octanol–water partition coefficient (Wildman–Crippen LogP) is 0.812. The fourth-order valence-electron chi connectivity index (χ4n) is 0.523. The maximum atomic E-state index is 5.18. The molecule has 0 N–H and O–H groups in total. The van der Waals surface area contributed by atoms with Crippen LogP contribution in [0, 0.1) is 0 Å². The van der Waals surface area contributed by atoms with E-state index in [4.69, 9.17) is 9.47 Å². The molecule has 8 heavy (non-hydrogen) atoms. The fraction of sp³-hybridized carbons (Fsp3) is 1.00. The molecule has 2 nitrogen and oxygen atoms in total. The zero-order valence-corrected chi connectivity index (χ0v) is 5.22. The van der Waals surface area contributed by atoms with Crippen molar-refractivity contribution in [2.75, 3.05) is 19.8 Å². The summed E-state index contributed by atoms with van der Waals surface area (Å²) in [6, 6.07) is 0. The van der Waals surface area contributed by atoms with Gasteiger partial charge in [0.05, 0.1) is 13.2 Å². The molecule has 0 aromatic rings. The molecular weight excluding hydrogens is 104 g/mol. The molecule has 1 heterocycles. The van der Waals surface area contributed by atoms with Crippen LogP contribution in [-0.4, -0.2) is 25.9 Å². The van der Waals surface area contributed by atoms with Gasteiger partial charge in [-0.15, -0.1) is 0 Å². The van der Waals surface area contributed by atoms with Crippen molar-refractivity contribution in [1.29, 1.82) is 0 Å². The molecule has 1 fully saturated rings. The lowest BCUT2D eigenvalue weighted by Crippen LogP contribution is -2.01. The van der Waals surface area contributed by atoms with Gasteiger partial charge in [-0.05, 0) is 6.42 Å². The molecule has 1 aliphatic rings. The Bertz CT molecular complexity index is 59.5. The van der Waals surface area contributed by atoms with Crippen LogP contribution >= 0.6 is 0 Å². The van der Waals surface area contributed by atoms with E-state index in [0.29, 0.717) is 6.10 Å². The van der Waals surface area contributed by atoms with Gasteiger partial charge in [0.25, 0.3) is 0 Å². The van der Waals surface area contributed by atoms with E-state index in [-0.39, 0.29) is 0 Å². The zero-order valence-electron chi connectivity index (χ0n) is 5.22. The Kier molecular flexibility index (Phi) is 2.30. The van der Waals surface area contributed by atoms with Crippen LogP contribution in [0.5, 0.6) is 0 Å². The molecule has 48 valence electrons. The van der Waals surface area contributed by atoms with Crippen LogP contribution < -0.4 is 0 Å². The topological polar surface area (TPSA) is 21.8 Å². The second kappa shape index (κ2) is 3.05. The van der Waals surface area contributed by atoms with Crippen molar-refractivity contribution in [1.82, 2.24) is 0 Å². The quantitative estimate of drug-likeness (QED) is 0.400. The van der Waals surface area contributed by atoms with Gasteiger partial charge in [-0.3, -0.25) is 0 Å². The van der Waals surface area contributed by atoms with Crippen LogP contribution in [0.2, 0.25) is 0 Å². The minimum atomic E-state index is 0.432. The van der Waals surface area contributed by atoms with Crippen molar-refractivity contribution >= 4 is 0 Å². The van der Waals surface area contributed by atoms with Gasteiger partial charge < -0.3 is 9.47 Å². The third-order valence-electron chi connectivity index (χ3n) is 1.05. The Morgan fingerprint density at radius 2 is 2.50 bits per heavy atom. The Hall–Kier alpha value is -0.0800. The fourth-order valence-corrected chi connectivity index (χ4v) is 0.523. The van der Waals surface area contributed by atoms with E-state index in [9.17, 15) is 0 Å². The average molecular weight is 116 g/mol. The van der Waals surface area contributed by atoms with Gasteiger partial charge >= 0.3 is 0 Å². The van der Waals surface area contributed by atoms with E-state index in [2.05, 4.69) is 6.92 Å². The minimum Gasteiger partial charge on any atom is -0.379 e. The highest BCUT2D eigenvalue weighted by molar-refractivity contribution is 4.66. The van der Waals surface area contributed by atoms with Gasteiger partial charge in [-0.25, -0.2) is 0 Å².